The second-order valence-corrected chi connectivity index (χ2v) is 3.98. The molecule has 0 saturated heterocycles. The van der Waals surface area contributed by atoms with Crippen molar-refractivity contribution in [3.63, 3.8) is 0 Å². The number of phenolic OH excluding ortho intramolecular Hbond substituents is 1. The minimum absolute atomic E-state index is 0.0472. The number of hydrogen-bond acceptors (Lipinski definition) is 5. The van der Waals surface area contributed by atoms with Crippen LogP contribution in [-0.2, 0) is 4.84 Å². The predicted octanol–water partition coefficient (Wildman–Crippen LogP) is 1.28. The highest BCUT2D eigenvalue weighted by Gasteiger charge is 2.29. The van der Waals surface area contributed by atoms with Crippen LogP contribution in [0.4, 0.5) is 5.69 Å². The molecule has 4 N–H and O–H groups in total. The Balaban J connectivity index is 1.94. The van der Waals surface area contributed by atoms with E-state index in [0.717, 1.165) is 5.69 Å². The minimum atomic E-state index is -0.187. The standard InChI is InChI=1S/C12H12N2O3/c13-17-8-2-4-10-12(6-8)16-11-5-7(15)1-3-9(11)14-10/h1-6,10,12,14-15H,13H2. The lowest BCUT2D eigenvalue weighted by Crippen LogP contribution is -2.40. The van der Waals surface area contributed by atoms with Gasteiger partial charge >= 0.3 is 0 Å². The molecule has 1 aliphatic heterocycles. The molecule has 0 amide bonds. The molecule has 1 aliphatic carbocycles. The molecule has 0 spiro atoms. The summed E-state index contributed by atoms with van der Waals surface area (Å²) in [6.45, 7) is 0. The van der Waals surface area contributed by atoms with E-state index in [1.54, 1.807) is 30.4 Å². The van der Waals surface area contributed by atoms with Crippen molar-refractivity contribution >= 4 is 5.69 Å². The Morgan fingerprint density at radius 2 is 2.29 bits per heavy atom. The molecule has 17 heavy (non-hydrogen) atoms. The molecule has 0 fully saturated rings. The third-order valence-electron chi connectivity index (χ3n) is 2.84. The molecule has 2 atom stereocenters. The normalized spacial score (nSPS) is 24.9. The van der Waals surface area contributed by atoms with E-state index in [1.165, 1.54) is 0 Å². The molecule has 0 aromatic heterocycles. The molecule has 3 rings (SSSR count). The van der Waals surface area contributed by atoms with Crippen molar-refractivity contribution in [1.29, 1.82) is 0 Å². The van der Waals surface area contributed by atoms with Crippen molar-refractivity contribution in [2.45, 2.75) is 12.1 Å². The molecule has 2 aliphatic rings. The molecular formula is C12H12N2O3. The number of ether oxygens (including phenoxy) is 1. The first-order valence-corrected chi connectivity index (χ1v) is 5.29. The molecule has 0 bridgehead atoms. The highest BCUT2D eigenvalue weighted by molar-refractivity contribution is 5.62. The number of allylic oxidation sites excluding steroid dienone is 1. The van der Waals surface area contributed by atoms with Gasteiger partial charge in [-0.05, 0) is 18.2 Å². The Labute approximate surface area is 98.1 Å². The van der Waals surface area contributed by atoms with E-state index in [4.69, 9.17) is 10.6 Å². The highest BCUT2D eigenvalue weighted by atomic mass is 16.6. The van der Waals surface area contributed by atoms with E-state index < -0.39 is 0 Å². The van der Waals surface area contributed by atoms with Crippen molar-refractivity contribution in [2.24, 2.45) is 5.90 Å². The Morgan fingerprint density at radius 3 is 3.12 bits per heavy atom. The Hall–Kier alpha value is -2.14. The van der Waals surface area contributed by atoms with Crippen LogP contribution in [0.15, 0.2) is 42.2 Å². The van der Waals surface area contributed by atoms with Gasteiger partial charge in [0, 0.05) is 12.1 Å². The fraction of sp³-hybridized carbons (Fsp3) is 0.167. The average molecular weight is 232 g/mol. The lowest BCUT2D eigenvalue weighted by Gasteiger charge is -2.33. The van der Waals surface area contributed by atoms with Gasteiger partial charge in [0.1, 0.15) is 23.4 Å². The van der Waals surface area contributed by atoms with Gasteiger partial charge in [0.05, 0.1) is 11.7 Å². The Kier molecular flexibility index (Phi) is 2.19. The maximum Gasteiger partial charge on any atom is 0.147 e. The predicted molar refractivity (Wildman–Crippen MR) is 62.4 cm³/mol. The third-order valence-corrected chi connectivity index (χ3v) is 2.84. The maximum absolute atomic E-state index is 9.40. The molecule has 1 aromatic carbocycles. The van der Waals surface area contributed by atoms with Gasteiger partial charge in [-0.25, -0.2) is 0 Å². The zero-order valence-corrected chi connectivity index (χ0v) is 8.96. The van der Waals surface area contributed by atoms with Crippen molar-refractivity contribution in [3.05, 3.63) is 42.2 Å². The van der Waals surface area contributed by atoms with Crippen LogP contribution in [-0.4, -0.2) is 17.3 Å². The number of anilines is 1. The number of rotatable bonds is 1. The highest BCUT2D eigenvalue weighted by Crippen LogP contribution is 2.36. The molecule has 88 valence electrons. The largest absolute Gasteiger partial charge is 0.508 e. The number of nitrogens with two attached hydrogens (primary N) is 1. The zero-order chi connectivity index (χ0) is 11.8. The van der Waals surface area contributed by atoms with Crippen molar-refractivity contribution in [3.8, 4) is 11.5 Å². The van der Waals surface area contributed by atoms with Crippen LogP contribution in [0.5, 0.6) is 11.5 Å². The lowest BCUT2D eigenvalue weighted by molar-refractivity contribution is 0.195. The summed E-state index contributed by atoms with van der Waals surface area (Å²) in [6.07, 6.45) is 5.34. The molecule has 2 unspecified atom stereocenters. The van der Waals surface area contributed by atoms with Gasteiger partial charge in [-0.2, -0.15) is 5.90 Å². The molecule has 1 aromatic rings. The van der Waals surface area contributed by atoms with Gasteiger partial charge in [-0.1, -0.05) is 6.08 Å². The van der Waals surface area contributed by atoms with Gasteiger partial charge in [-0.15, -0.1) is 0 Å². The van der Waals surface area contributed by atoms with E-state index in [0.29, 0.717) is 11.5 Å². The average Bonchev–Trinajstić information content (AvgIpc) is 2.35. The third kappa shape index (κ3) is 1.70. The first-order chi connectivity index (χ1) is 8.26. The zero-order valence-electron chi connectivity index (χ0n) is 8.96. The van der Waals surface area contributed by atoms with E-state index >= 15 is 0 Å². The molecule has 0 saturated carbocycles. The lowest BCUT2D eigenvalue weighted by atomic mass is 10.0. The van der Waals surface area contributed by atoms with Gasteiger partial charge in [0.15, 0.2) is 0 Å². The van der Waals surface area contributed by atoms with Crippen LogP contribution in [0.1, 0.15) is 0 Å². The topological polar surface area (TPSA) is 76.7 Å². The number of benzene rings is 1. The number of phenols is 1. The maximum atomic E-state index is 9.40. The van der Waals surface area contributed by atoms with E-state index in [9.17, 15) is 5.11 Å². The summed E-state index contributed by atoms with van der Waals surface area (Å²) in [5.74, 6) is 6.47. The summed E-state index contributed by atoms with van der Waals surface area (Å²) >= 11 is 0. The smallest absolute Gasteiger partial charge is 0.147 e. The van der Waals surface area contributed by atoms with Crippen LogP contribution in [0.25, 0.3) is 0 Å². The Morgan fingerprint density at radius 1 is 1.41 bits per heavy atom. The van der Waals surface area contributed by atoms with Crippen LogP contribution >= 0.6 is 0 Å². The van der Waals surface area contributed by atoms with Crippen LogP contribution in [0, 0.1) is 0 Å². The molecular weight excluding hydrogens is 220 g/mol. The number of hydrogen-bond donors (Lipinski definition) is 3. The summed E-state index contributed by atoms with van der Waals surface area (Å²) in [7, 11) is 0. The monoisotopic (exact) mass is 232 g/mol. The number of aromatic hydroxyl groups is 1. The summed E-state index contributed by atoms with van der Waals surface area (Å²) in [5.41, 5.74) is 0.860. The van der Waals surface area contributed by atoms with Gasteiger partial charge in [0.25, 0.3) is 0 Å². The minimum Gasteiger partial charge on any atom is -0.508 e. The first-order valence-electron chi connectivity index (χ1n) is 5.29. The van der Waals surface area contributed by atoms with Gasteiger partial charge in [-0.3, -0.25) is 0 Å². The van der Waals surface area contributed by atoms with Crippen LogP contribution in [0.2, 0.25) is 0 Å². The van der Waals surface area contributed by atoms with Crippen molar-refractivity contribution < 1.29 is 14.7 Å². The quantitative estimate of drug-likeness (QED) is 0.502. The molecule has 5 nitrogen and oxygen atoms in total. The number of fused-ring (bicyclic) bond motifs is 2. The first kappa shape index (κ1) is 10.0. The van der Waals surface area contributed by atoms with Crippen LogP contribution < -0.4 is 16.0 Å². The second kappa shape index (κ2) is 3.71. The van der Waals surface area contributed by atoms with E-state index in [1.807, 2.05) is 6.08 Å². The summed E-state index contributed by atoms with van der Waals surface area (Å²) in [6, 6.07) is 5.03. The SMILES string of the molecule is NOC1=CC2Oc3cc(O)ccc3NC2C=C1. The van der Waals surface area contributed by atoms with Crippen LogP contribution in [0.3, 0.4) is 0 Å². The summed E-state index contributed by atoms with van der Waals surface area (Å²) < 4.78 is 5.76. The summed E-state index contributed by atoms with van der Waals surface area (Å²) in [5, 5.41) is 12.7. The fourth-order valence-electron chi connectivity index (χ4n) is 2.00. The van der Waals surface area contributed by atoms with Crippen molar-refractivity contribution in [2.75, 3.05) is 5.32 Å². The second-order valence-electron chi connectivity index (χ2n) is 3.98. The molecule has 1 heterocycles. The fourth-order valence-corrected chi connectivity index (χ4v) is 2.00. The molecule has 5 heteroatoms. The van der Waals surface area contributed by atoms with Gasteiger partial charge < -0.3 is 20.0 Å². The summed E-state index contributed by atoms with van der Waals surface area (Å²) in [4.78, 5) is 4.67. The van der Waals surface area contributed by atoms with Gasteiger partial charge in [0.2, 0.25) is 0 Å². The van der Waals surface area contributed by atoms with E-state index in [-0.39, 0.29) is 17.9 Å². The Bertz CT molecular complexity index is 510. The number of nitrogens with one attached hydrogen (secondary N) is 1. The van der Waals surface area contributed by atoms with Crippen molar-refractivity contribution in [1.82, 2.24) is 0 Å². The van der Waals surface area contributed by atoms with E-state index in [2.05, 4.69) is 10.2 Å². The molecule has 0 radical (unpaired) electrons.